The molecule has 0 unspecified atom stereocenters. The van der Waals surface area contributed by atoms with Gasteiger partial charge in [0.2, 0.25) is 21.8 Å². The van der Waals surface area contributed by atoms with Crippen LogP contribution in [0.15, 0.2) is 0 Å². The van der Waals surface area contributed by atoms with Gasteiger partial charge in [0.25, 0.3) is 0 Å². The number of amides is 2. The highest BCUT2D eigenvalue weighted by atomic mass is 32.2. The molecule has 38 heavy (non-hydrogen) atoms. The molecule has 2 amide bonds. The number of hydrogen-bond donors (Lipinski definition) is 3. The van der Waals surface area contributed by atoms with E-state index >= 15 is 0 Å². The molecule has 220 valence electrons. The predicted molar refractivity (Wildman–Crippen MR) is 148 cm³/mol. The number of tetrazole rings is 1. The lowest BCUT2D eigenvalue weighted by molar-refractivity contribution is -0.121. The Morgan fingerprint density at radius 1 is 0.789 bits per heavy atom. The molecule has 12 heteroatoms. The molecule has 0 radical (unpaired) electrons. The van der Waals surface area contributed by atoms with Crippen molar-refractivity contribution in [2.75, 3.05) is 25.5 Å². The van der Waals surface area contributed by atoms with Crippen LogP contribution in [0, 0.1) is 0 Å². The van der Waals surface area contributed by atoms with E-state index in [0.717, 1.165) is 44.3 Å². The summed E-state index contributed by atoms with van der Waals surface area (Å²) in [5.74, 6) is -0.107. The van der Waals surface area contributed by atoms with E-state index in [1.165, 1.54) is 51.4 Å². The van der Waals surface area contributed by atoms with Crippen molar-refractivity contribution in [1.29, 1.82) is 0 Å². The van der Waals surface area contributed by atoms with Crippen LogP contribution >= 0.6 is 0 Å². The first kappa shape index (κ1) is 33.9. The first-order valence-corrected chi connectivity index (χ1v) is 16.2. The number of carbonyl (C=O) groups is 2. The first-order chi connectivity index (χ1) is 18.4. The van der Waals surface area contributed by atoms with Crippen molar-refractivity contribution in [2.24, 2.45) is 0 Å². The summed E-state index contributed by atoms with van der Waals surface area (Å²) in [5.41, 5.74) is 0. The van der Waals surface area contributed by atoms with Crippen molar-refractivity contribution in [2.45, 2.75) is 122 Å². The smallest absolute Gasteiger partial charge is 0.234 e. The second-order valence-electron chi connectivity index (χ2n) is 9.83. The maximum absolute atomic E-state index is 12.1. The minimum Gasteiger partial charge on any atom is -0.380 e. The second-order valence-corrected chi connectivity index (χ2v) is 11.7. The van der Waals surface area contributed by atoms with E-state index in [4.69, 9.17) is 4.74 Å². The van der Waals surface area contributed by atoms with Gasteiger partial charge in [-0.3, -0.25) is 14.3 Å². The number of aromatic amines is 1. The third kappa shape index (κ3) is 20.9. The number of H-pyrrole nitrogens is 1. The lowest BCUT2D eigenvalue weighted by Crippen LogP contribution is -2.33. The van der Waals surface area contributed by atoms with Crippen LogP contribution in [0.5, 0.6) is 0 Å². The fourth-order valence-corrected chi connectivity index (χ4v) is 5.17. The van der Waals surface area contributed by atoms with Crippen molar-refractivity contribution in [3.05, 3.63) is 5.82 Å². The van der Waals surface area contributed by atoms with Crippen molar-refractivity contribution >= 4 is 21.8 Å². The minimum absolute atomic E-state index is 0.104. The molecular formula is C26H50N6O5S. The van der Waals surface area contributed by atoms with Crippen LogP contribution in [-0.4, -0.2) is 66.4 Å². The molecule has 0 saturated heterocycles. The van der Waals surface area contributed by atoms with E-state index in [0.29, 0.717) is 26.2 Å². The fraction of sp³-hybridized carbons (Fsp3) is 0.885. The van der Waals surface area contributed by atoms with Crippen LogP contribution in [0.4, 0.5) is 0 Å². The number of nitrogens with one attached hydrogen (secondary N) is 3. The van der Waals surface area contributed by atoms with Crippen LogP contribution in [0.1, 0.15) is 122 Å². The molecule has 0 atom stereocenters. The van der Waals surface area contributed by atoms with E-state index in [2.05, 4.69) is 30.7 Å². The number of sulfonamides is 1. The van der Waals surface area contributed by atoms with Gasteiger partial charge in [0.05, 0.1) is 12.4 Å². The van der Waals surface area contributed by atoms with Gasteiger partial charge in [0.1, 0.15) is 0 Å². The summed E-state index contributed by atoms with van der Waals surface area (Å²) >= 11 is 0. The molecule has 1 aromatic rings. The summed E-state index contributed by atoms with van der Waals surface area (Å²) in [5, 5.41) is 16.7. The largest absolute Gasteiger partial charge is 0.380 e. The Hall–Kier alpha value is -2.08. The van der Waals surface area contributed by atoms with E-state index in [1.54, 1.807) is 0 Å². The van der Waals surface area contributed by atoms with E-state index in [1.807, 2.05) is 6.92 Å². The first-order valence-electron chi connectivity index (χ1n) is 14.5. The van der Waals surface area contributed by atoms with Crippen LogP contribution in [0.2, 0.25) is 0 Å². The zero-order chi connectivity index (χ0) is 27.7. The van der Waals surface area contributed by atoms with Gasteiger partial charge in [-0.2, -0.15) is 5.21 Å². The Morgan fingerprint density at radius 3 is 1.95 bits per heavy atom. The molecule has 0 bridgehead atoms. The van der Waals surface area contributed by atoms with Gasteiger partial charge < -0.3 is 10.1 Å². The maximum Gasteiger partial charge on any atom is 0.234 e. The van der Waals surface area contributed by atoms with Crippen LogP contribution < -0.4 is 10.0 Å². The third-order valence-corrected chi connectivity index (χ3v) is 7.56. The van der Waals surface area contributed by atoms with Crippen molar-refractivity contribution < 1.29 is 22.7 Å². The van der Waals surface area contributed by atoms with Crippen molar-refractivity contribution in [1.82, 2.24) is 30.7 Å². The molecule has 0 aliphatic rings. The Labute approximate surface area is 229 Å². The number of carbonyl (C=O) groups excluding carboxylic acids is 2. The molecule has 0 spiro atoms. The topological polar surface area (TPSA) is 156 Å². The summed E-state index contributed by atoms with van der Waals surface area (Å²) in [4.78, 5) is 23.7. The summed E-state index contributed by atoms with van der Waals surface area (Å²) < 4.78 is 31.5. The average molecular weight is 559 g/mol. The van der Waals surface area contributed by atoms with Gasteiger partial charge >= 0.3 is 0 Å². The van der Waals surface area contributed by atoms with E-state index in [9.17, 15) is 18.0 Å². The van der Waals surface area contributed by atoms with Crippen LogP contribution in [0.3, 0.4) is 0 Å². The normalized spacial score (nSPS) is 11.5. The molecule has 0 aromatic carbocycles. The summed E-state index contributed by atoms with van der Waals surface area (Å²) in [6.07, 6.45) is 17.4. The highest BCUT2D eigenvalue weighted by Crippen LogP contribution is 2.13. The molecule has 1 aromatic heterocycles. The fourth-order valence-electron chi connectivity index (χ4n) is 4.10. The van der Waals surface area contributed by atoms with E-state index < -0.39 is 15.9 Å². The monoisotopic (exact) mass is 558 g/mol. The molecule has 0 aliphatic carbocycles. The molecule has 0 saturated carbocycles. The van der Waals surface area contributed by atoms with Crippen LogP contribution in [-0.2, 0) is 30.8 Å². The summed E-state index contributed by atoms with van der Waals surface area (Å²) in [6, 6.07) is 0. The quantitative estimate of drug-likeness (QED) is 0.144. The molecular weight excluding hydrogens is 508 g/mol. The van der Waals surface area contributed by atoms with Gasteiger partial charge in [-0.25, -0.2) is 8.42 Å². The van der Waals surface area contributed by atoms with Gasteiger partial charge in [-0.05, 0) is 25.7 Å². The van der Waals surface area contributed by atoms with Crippen molar-refractivity contribution in [3.8, 4) is 0 Å². The summed E-state index contributed by atoms with van der Waals surface area (Å²) in [7, 11) is -3.70. The zero-order valence-electron chi connectivity index (χ0n) is 23.3. The lowest BCUT2D eigenvalue weighted by atomic mass is 10.0. The van der Waals surface area contributed by atoms with Crippen LogP contribution in [0.25, 0.3) is 0 Å². The zero-order valence-corrected chi connectivity index (χ0v) is 24.2. The average Bonchev–Trinajstić information content (AvgIpc) is 3.39. The maximum atomic E-state index is 12.1. The number of rotatable bonds is 26. The number of nitrogens with zero attached hydrogens (tertiary/aromatic N) is 3. The lowest BCUT2D eigenvalue weighted by Gasteiger charge is -2.08. The standard InChI is InChI=1S/C26H50N6O5S/c1-2-21-37-22-20-27-25(33)19-16-23-38(35,36)30-26(34)18-15-13-11-9-7-5-3-4-6-8-10-12-14-17-24-28-31-32-29-24/h2-23H2,1H3,(H,27,33)(H,30,34)(H,28,29,31,32). The van der Waals surface area contributed by atoms with Gasteiger partial charge in [-0.1, -0.05) is 82.8 Å². The Balaban J connectivity index is 1.86. The molecule has 1 heterocycles. The SMILES string of the molecule is CCCOCCNC(=O)CCCS(=O)(=O)NC(=O)CCCCCCCCCCCCCCCc1nn[nH]n1. The predicted octanol–water partition coefficient (Wildman–Crippen LogP) is 3.97. The number of hydrogen-bond acceptors (Lipinski definition) is 8. The number of aromatic nitrogens is 4. The number of unbranched alkanes of at least 4 members (excludes halogenated alkanes) is 12. The third-order valence-electron chi connectivity index (χ3n) is 6.20. The Kier molecular flexibility index (Phi) is 20.4. The molecule has 3 N–H and O–H groups in total. The van der Waals surface area contributed by atoms with Crippen molar-refractivity contribution in [3.63, 3.8) is 0 Å². The molecule has 0 fully saturated rings. The summed E-state index contributed by atoms with van der Waals surface area (Å²) in [6.45, 7) is 3.52. The Morgan fingerprint density at radius 2 is 1.37 bits per heavy atom. The number of ether oxygens (including phenoxy) is 1. The number of aryl methyl sites for hydroxylation is 1. The second kappa shape index (κ2) is 22.9. The molecule has 0 aliphatic heterocycles. The van der Waals surface area contributed by atoms with Gasteiger partial charge in [0, 0.05) is 32.4 Å². The van der Waals surface area contributed by atoms with Gasteiger partial charge in [-0.15, -0.1) is 10.2 Å². The Bertz CT molecular complexity index is 820. The van der Waals surface area contributed by atoms with E-state index in [-0.39, 0.29) is 30.9 Å². The highest BCUT2D eigenvalue weighted by Gasteiger charge is 2.15. The van der Waals surface area contributed by atoms with Gasteiger partial charge in [0.15, 0.2) is 5.82 Å². The highest BCUT2D eigenvalue weighted by molar-refractivity contribution is 7.90. The molecule has 11 nitrogen and oxygen atoms in total. The molecule has 1 rings (SSSR count). The minimum atomic E-state index is -3.70.